The molecule has 0 aliphatic heterocycles. The lowest BCUT2D eigenvalue weighted by Gasteiger charge is -2.32. The van der Waals surface area contributed by atoms with Crippen LogP contribution in [0, 0.1) is 0 Å². The first kappa shape index (κ1) is 42.6. The average Bonchev–Trinajstić information content (AvgIpc) is 4.34. The summed E-state index contributed by atoms with van der Waals surface area (Å²) < 4.78 is 5.04. The zero-order chi connectivity index (χ0) is 50.7. The zero-order valence-electron chi connectivity index (χ0n) is 42.7. The highest BCUT2D eigenvalue weighted by Crippen LogP contribution is 2.65. The molecule has 3 aliphatic carbocycles. The van der Waals surface area contributed by atoms with Crippen LogP contribution >= 0.6 is 0 Å². The van der Waals surface area contributed by atoms with Crippen LogP contribution in [0.1, 0.15) is 47.2 Å². The summed E-state index contributed by atoms with van der Waals surface area (Å²) in [7, 11) is 0. The Labute approximate surface area is 446 Å². The number of rotatable bonds is 5. The molecule has 77 heavy (non-hydrogen) atoms. The monoisotopic (exact) mass is 979 g/mol. The van der Waals surface area contributed by atoms with Gasteiger partial charge in [0.2, 0.25) is 0 Å². The van der Waals surface area contributed by atoms with Gasteiger partial charge in [0.1, 0.15) is 0 Å². The Morgan fingerprint density at radius 3 is 1.61 bits per heavy atom. The second kappa shape index (κ2) is 15.4. The van der Waals surface area contributed by atoms with Crippen molar-refractivity contribution < 1.29 is 0 Å². The van der Waals surface area contributed by atoms with Gasteiger partial charge in [-0.3, -0.25) is 0 Å². The van der Waals surface area contributed by atoms with Gasteiger partial charge < -0.3 is 14.0 Å². The maximum Gasteiger partial charge on any atom is 0.0782 e. The van der Waals surface area contributed by atoms with E-state index in [-0.39, 0.29) is 5.41 Å². The normalized spacial score (nSPS) is 14.1. The summed E-state index contributed by atoms with van der Waals surface area (Å²) in [6.07, 6.45) is 0. The molecule has 0 unspecified atom stereocenters. The third-order valence-electron chi connectivity index (χ3n) is 17.9. The highest BCUT2D eigenvalue weighted by molar-refractivity contribution is 6.22. The second-order valence-corrected chi connectivity index (χ2v) is 21.9. The van der Waals surface area contributed by atoms with Gasteiger partial charge in [0.05, 0.1) is 44.5 Å². The first-order chi connectivity index (χ1) is 38.0. The fourth-order valence-electron chi connectivity index (χ4n) is 14.8. The molecule has 3 nitrogen and oxygen atoms in total. The fourth-order valence-corrected chi connectivity index (χ4v) is 14.8. The highest BCUT2D eigenvalue weighted by Gasteiger charge is 2.52. The Balaban J connectivity index is 1.03. The predicted octanol–water partition coefficient (Wildman–Crippen LogP) is 19.2. The van der Waals surface area contributed by atoms with Gasteiger partial charge >= 0.3 is 0 Å². The standard InChI is InChI=1S/C74H49N3/c1-73(2)58-31-13-8-25-50(58)53-42-41-49(45-63(53)73)75-66-38-20-39-67(71(66)57-43-46-21-6-7-22-47(46)44-69(57)75)77(68-40-18-30-55-54-28-12-17-36-64(54)76(72(55)68)48-23-4-3-5-24-48)65-37-19-35-62-70(65)56-29-11-16-34-61(56)74(62)59-32-14-9-26-51(59)52-27-10-15-33-60(52)74/h3-45H,1-2H3. The van der Waals surface area contributed by atoms with E-state index in [0.29, 0.717) is 0 Å². The van der Waals surface area contributed by atoms with Crippen molar-refractivity contribution >= 4 is 71.4 Å². The predicted molar refractivity (Wildman–Crippen MR) is 321 cm³/mol. The molecule has 0 N–H and O–H groups in total. The average molecular weight is 980 g/mol. The lowest BCUT2D eigenvalue weighted by molar-refractivity contribution is 0.660. The maximum absolute atomic E-state index is 2.64. The molecular weight excluding hydrogens is 931 g/mol. The SMILES string of the molecule is CC1(C)c2ccccc2-c2ccc(-n3c4cc5ccccc5cc4c4c(N(c5cccc6c5-c5ccccc5C65c6ccccc6-c6ccccc65)c5cccc6c7ccccc7n(-c7ccccc7)c56)cccc43)cc21. The van der Waals surface area contributed by atoms with Crippen LogP contribution in [0.3, 0.4) is 0 Å². The number of anilines is 3. The van der Waals surface area contributed by atoms with Gasteiger partial charge in [-0.05, 0) is 139 Å². The maximum atomic E-state index is 2.64. The van der Waals surface area contributed by atoms with Crippen LogP contribution in [0.2, 0.25) is 0 Å². The number of benzene rings is 12. The van der Waals surface area contributed by atoms with Crippen LogP contribution < -0.4 is 4.90 Å². The molecule has 0 saturated heterocycles. The van der Waals surface area contributed by atoms with Crippen LogP contribution in [0.5, 0.6) is 0 Å². The molecule has 3 heteroatoms. The Hall–Kier alpha value is -9.70. The summed E-state index contributed by atoms with van der Waals surface area (Å²) in [5, 5.41) is 7.27. The van der Waals surface area contributed by atoms with Crippen LogP contribution in [0.4, 0.5) is 17.1 Å². The third kappa shape index (κ3) is 5.50. The summed E-state index contributed by atoms with van der Waals surface area (Å²) in [5.74, 6) is 0. The Morgan fingerprint density at radius 2 is 0.844 bits per heavy atom. The van der Waals surface area contributed by atoms with Crippen molar-refractivity contribution in [2.45, 2.75) is 24.7 Å². The van der Waals surface area contributed by atoms with E-state index < -0.39 is 5.41 Å². The molecule has 0 radical (unpaired) electrons. The number of nitrogens with zero attached hydrogens (tertiary/aromatic N) is 3. The molecule has 12 aromatic carbocycles. The molecule has 17 rings (SSSR count). The molecule has 0 amide bonds. The lowest BCUT2D eigenvalue weighted by Crippen LogP contribution is -2.26. The van der Waals surface area contributed by atoms with Gasteiger partial charge in [-0.25, -0.2) is 0 Å². The first-order valence-corrected chi connectivity index (χ1v) is 27.0. The molecule has 3 aliphatic rings. The van der Waals surface area contributed by atoms with Crippen molar-refractivity contribution in [2.75, 3.05) is 4.90 Å². The largest absolute Gasteiger partial charge is 0.309 e. The van der Waals surface area contributed by atoms with E-state index in [1.165, 1.54) is 110 Å². The summed E-state index contributed by atoms with van der Waals surface area (Å²) in [6.45, 7) is 4.77. The molecular formula is C74H49N3. The number of fused-ring (bicyclic) bond motifs is 20. The van der Waals surface area contributed by atoms with Gasteiger partial charge in [-0.1, -0.05) is 208 Å². The minimum Gasteiger partial charge on any atom is -0.309 e. The van der Waals surface area contributed by atoms with E-state index >= 15 is 0 Å². The molecule has 360 valence electrons. The number of para-hydroxylation sites is 3. The van der Waals surface area contributed by atoms with Crippen LogP contribution in [-0.4, -0.2) is 9.13 Å². The van der Waals surface area contributed by atoms with Crippen molar-refractivity contribution in [1.29, 1.82) is 0 Å². The van der Waals surface area contributed by atoms with E-state index in [0.717, 1.165) is 39.5 Å². The lowest BCUT2D eigenvalue weighted by atomic mass is 9.70. The van der Waals surface area contributed by atoms with Crippen LogP contribution in [-0.2, 0) is 10.8 Å². The number of hydrogen-bond acceptors (Lipinski definition) is 1. The van der Waals surface area contributed by atoms with Crippen molar-refractivity contribution in [3.05, 3.63) is 294 Å². The van der Waals surface area contributed by atoms with Gasteiger partial charge in [-0.15, -0.1) is 0 Å². The van der Waals surface area contributed by atoms with Crippen molar-refractivity contribution in [2.24, 2.45) is 0 Å². The van der Waals surface area contributed by atoms with Crippen molar-refractivity contribution in [1.82, 2.24) is 9.13 Å². The fraction of sp³-hybridized carbons (Fsp3) is 0.0541. The third-order valence-corrected chi connectivity index (χ3v) is 17.9. The van der Waals surface area contributed by atoms with Gasteiger partial charge in [0, 0.05) is 43.9 Å². The van der Waals surface area contributed by atoms with E-state index in [9.17, 15) is 0 Å². The van der Waals surface area contributed by atoms with E-state index in [4.69, 9.17) is 0 Å². The summed E-state index contributed by atoms with van der Waals surface area (Å²) in [6, 6.07) is 98.4. The molecule has 14 aromatic rings. The molecule has 0 atom stereocenters. The molecule has 2 heterocycles. The number of aromatic nitrogens is 2. The molecule has 2 aromatic heterocycles. The van der Waals surface area contributed by atoms with Crippen molar-refractivity contribution in [3.63, 3.8) is 0 Å². The topological polar surface area (TPSA) is 13.1 Å². The number of hydrogen-bond donors (Lipinski definition) is 0. The Morgan fingerprint density at radius 1 is 0.312 bits per heavy atom. The molecule has 0 bridgehead atoms. The molecule has 0 fully saturated rings. The highest BCUT2D eigenvalue weighted by atomic mass is 15.2. The van der Waals surface area contributed by atoms with Crippen molar-refractivity contribution in [3.8, 4) is 44.8 Å². The van der Waals surface area contributed by atoms with E-state index in [1.807, 2.05) is 0 Å². The van der Waals surface area contributed by atoms with Crippen LogP contribution in [0.15, 0.2) is 261 Å². The minimum absolute atomic E-state index is 0.160. The summed E-state index contributed by atoms with van der Waals surface area (Å²) in [5.41, 5.74) is 25.4. The van der Waals surface area contributed by atoms with E-state index in [1.54, 1.807) is 0 Å². The first-order valence-electron chi connectivity index (χ1n) is 27.0. The van der Waals surface area contributed by atoms with Gasteiger partial charge in [0.25, 0.3) is 0 Å². The quantitative estimate of drug-likeness (QED) is 0.167. The van der Waals surface area contributed by atoms with Gasteiger partial charge in [-0.2, -0.15) is 0 Å². The Bertz CT molecular complexity index is 4810. The summed E-state index contributed by atoms with van der Waals surface area (Å²) >= 11 is 0. The van der Waals surface area contributed by atoms with Gasteiger partial charge in [0.15, 0.2) is 0 Å². The van der Waals surface area contributed by atoms with E-state index in [2.05, 4.69) is 289 Å². The Kier molecular flexibility index (Phi) is 8.55. The second-order valence-electron chi connectivity index (χ2n) is 21.9. The molecule has 0 saturated carbocycles. The molecule has 1 spiro atoms. The zero-order valence-corrected chi connectivity index (χ0v) is 42.7. The summed E-state index contributed by atoms with van der Waals surface area (Å²) in [4.78, 5) is 2.64. The van der Waals surface area contributed by atoms with Crippen LogP contribution in [0.25, 0.3) is 99.1 Å². The minimum atomic E-state index is -0.520. The smallest absolute Gasteiger partial charge is 0.0782 e.